The van der Waals surface area contributed by atoms with Crippen LogP contribution in [0.2, 0.25) is 0 Å². The van der Waals surface area contributed by atoms with Crippen LogP contribution in [-0.2, 0) is 20.8 Å². The zero-order valence-corrected chi connectivity index (χ0v) is 20.7. The fourth-order valence-corrected chi connectivity index (χ4v) is 7.90. The number of para-hydroxylation sites is 1. The molecule has 36 heavy (non-hydrogen) atoms. The number of carbonyl (C=O) groups is 3. The van der Waals surface area contributed by atoms with Crippen molar-refractivity contribution in [1.29, 1.82) is 0 Å². The van der Waals surface area contributed by atoms with Crippen molar-refractivity contribution in [2.75, 3.05) is 13.1 Å². The Kier molecular flexibility index (Phi) is 6.23. The van der Waals surface area contributed by atoms with Gasteiger partial charge in [0.1, 0.15) is 12.1 Å². The van der Waals surface area contributed by atoms with Crippen LogP contribution in [0.5, 0.6) is 0 Å². The number of hydrogen-bond acceptors (Lipinski definition) is 4. The predicted octanol–water partition coefficient (Wildman–Crippen LogP) is 2.09. The normalized spacial score (nSPS) is 31.5. The van der Waals surface area contributed by atoms with Crippen molar-refractivity contribution in [2.45, 2.75) is 69.5 Å². The number of nitrogens with zero attached hydrogens (tertiary/aromatic N) is 1. The number of nitrogens with one attached hydrogen (secondary N) is 3. The zero-order valence-electron chi connectivity index (χ0n) is 20.7. The summed E-state index contributed by atoms with van der Waals surface area (Å²) in [4.78, 5) is 44.5. The number of aromatic nitrogens is 1. The molecule has 1 aliphatic heterocycles. The molecule has 0 unspecified atom stereocenters. The molecule has 7 rings (SSSR count). The Bertz CT molecular complexity index is 1130. The maximum absolute atomic E-state index is 13.8. The summed E-state index contributed by atoms with van der Waals surface area (Å²) in [5, 5.41) is 7.26. The lowest BCUT2D eigenvalue weighted by molar-refractivity contribution is -0.142. The van der Waals surface area contributed by atoms with E-state index in [2.05, 4.69) is 15.6 Å². The molecule has 5 N–H and O–H groups in total. The van der Waals surface area contributed by atoms with Gasteiger partial charge in [0.25, 0.3) is 0 Å². The van der Waals surface area contributed by atoms with E-state index in [0.29, 0.717) is 31.2 Å². The molecule has 2 aromatic rings. The topological polar surface area (TPSA) is 120 Å². The second kappa shape index (κ2) is 9.54. The lowest BCUT2D eigenvalue weighted by Gasteiger charge is -2.54. The van der Waals surface area contributed by atoms with E-state index < -0.39 is 12.1 Å². The minimum absolute atomic E-state index is 0.0191. The van der Waals surface area contributed by atoms with Gasteiger partial charge in [-0.3, -0.25) is 14.4 Å². The smallest absolute Gasteiger partial charge is 0.246 e. The van der Waals surface area contributed by atoms with E-state index in [1.165, 1.54) is 32.1 Å². The lowest BCUT2D eigenvalue weighted by Crippen LogP contribution is -2.60. The van der Waals surface area contributed by atoms with Crippen molar-refractivity contribution < 1.29 is 14.4 Å². The van der Waals surface area contributed by atoms with E-state index in [9.17, 15) is 14.4 Å². The van der Waals surface area contributed by atoms with Crippen LogP contribution in [0.1, 0.15) is 50.5 Å². The van der Waals surface area contributed by atoms with E-state index in [4.69, 9.17) is 5.73 Å². The summed E-state index contributed by atoms with van der Waals surface area (Å²) in [6, 6.07) is 6.91. The van der Waals surface area contributed by atoms with Gasteiger partial charge in [0.2, 0.25) is 17.7 Å². The number of carbonyl (C=O) groups excluding carboxylic acids is 3. The molecule has 4 aliphatic carbocycles. The van der Waals surface area contributed by atoms with Crippen molar-refractivity contribution in [3.63, 3.8) is 0 Å². The number of amides is 3. The van der Waals surface area contributed by atoms with Gasteiger partial charge in [0.05, 0.1) is 6.54 Å². The molecule has 4 saturated carbocycles. The summed E-state index contributed by atoms with van der Waals surface area (Å²) in [5.74, 6) is 2.29. The Hall–Kier alpha value is -2.87. The largest absolute Gasteiger partial charge is 0.361 e. The first-order chi connectivity index (χ1) is 17.5. The molecule has 1 saturated heterocycles. The van der Waals surface area contributed by atoms with E-state index in [1.807, 2.05) is 30.5 Å². The third-order valence-electron chi connectivity index (χ3n) is 9.29. The van der Waals surface area contributed by atoms with Gasteiger partial charge in [-0.2, -0.15) is 0 Å². The molecule has 4 bridgehead atoms. The zero-order chi connectivity index (χ0) is 24.8. The molecule has 5 fully saturated rings. The Labute approximate surface area is 211 Å². The fraction of sp³-hybridized carbons (Fsp3) is 0.607. The summed E-state index contributed by atoms with van der Waals surface area (Å²) in [6.07, 6.45) is 10.0. The second-order valence-electron chi connectivity index (χ2n) is 11.5. The summed E-state index contributed by atoms with van der Waals surface area (Å²) in [7, 11) is 0. The first-order valence-corrected chi connectivity index (χ1v) is 13.7. The molecule has 0 spiro atoms. The number of rotatable bonds is 7. The highest BCUT2D eigenvalue weighted by Gasteiger charge is 2.49. The van der Waals surface area contributed by atoms with Crippen molar-refractivity contribution in [1.82, 2.24) is 20.5 Å². The Balaban J connectivity index is 1.18. The average Bonchev–Trinajstić information content (AvgIpc) is 3.52. The molecule has 192 valence electrons. The molecular formula is C28H37N5O3. The summed E-state index contributed by atoms with van der Waals surface area (Å²) in [6.45, 7) is 0.343. The highest BCUT2D eigenvalue weighted by Crippen LogP contribution is 2.53. The maximum atomic E-state index is 13.8. The highest BCUT2D eigenvalue weighted by atomic mass is 16.2. The van der Waals surface area contributed by atoms with Crippen molar-refractivity contribution in [2.24, 2.45) is 29.4 Å². The number of aromatic amines is 1. The summed E-state index contributed by atoms with van der Waals surface area (Å²) in [5.41, 5.74) is 7.51. The highest BCUT2D eigenvalue weighted by molar-refractivity contribution is 5.94. The minimum atomic E-state index is -0.769. The molecule has 1 aromatic heterocycles. The number of likely N-dealkylation sites (tertiary alicyclic amines) is 1. The molecule has 1 aromatic carbocycles. The monoisotopic (exact) mass is 491 g/mol. The lowest BCUT2D eigenvalue weighted by atomic mass is 9.54. The van der Waals surface area contributed by atoms with Crippen LogP contribution in [0, 0.1) is 23.7 Å². The second-order valence-corrected chi connectivity index (χ2v) is 11.5. The van der Waals surface area contributed by atoms with E-state index in [0.717, 1.165) is 34.7 Å². The third-order valence-corrected chi connectivity index (χ3v) is 9.29. The maximum Gasteiger partial charge on any atom is 0.246 e. The minimum Gasteiger partial charge on any atom is -0.361 e. The number of H-pyrrole nitrogens is 1. The van der Waals surface area contributed by atoms with Crippen molar-refractivity contribution in [3.8, 4) is 0 Å². The van der Waals surface area contributed by atoms with Gasteiger partial charge in [-0.1, -0.05) is 18.2 Å². The van der Waals surface area contributed by atoms with Gasteiger partial charge in [-0.15, -0.1) is 0 Å². The quantitative estimate of drug-likeness (QED) is 0.474. The van der Waals surface area contributed by atoms with E-state index in [1.54, 1.807) is 4.90 Å². The van der Waals surface area contributed by atoms with Crippen LogP contribution in [0.3, 0.4) is 0 Å². The Morgan fingerprint density at radius 2 is 1.78 bits per heavy atom. The van der Waals surface area contributed by atoms with E-state index in [-0.39, 0.29) is 30.3 Å². The average molecular weight is 492 g/mol. The molecular weight excluding hydrogens is 454 g/mol. The Morgan fingerprint density at radius 1 is 1.06 bits per heavy atom. The van der Waals surface area contributed by atoms with Crippen LogP contribution in [0.15, 0.2) is 30.5 Å². The SMILES string of the molecule is NCC(=O)N[C@@H](Cc1c[nH]c2ccccc12)C(=O)N1CCC[C@@H]1C(=O)NC1C2CC3CC(C2)CC1C3. The van der Waals surface area contributed by atoms with Gasteiger partial charge in [0.15, 0.2) is 0 Å². The molecule has 0 radical (unpaired) electrons. The van der Waals surface area contributed by atoms with Gasteiger partial charge in [0, 0.05) is 36.1 Å². The molecule has 8 nitrogen and oxygen atoms in total. The van der Waals surface area contributed by atoms with Gasteiger partial charge >= 0.3 is 0 Å². The van der Waals surface area contributed by atoms with Crippen molar-refractivity contribution in [3.05, 3.63) is 36.0 Å². The van der Waals surface area contributed by atoms with Crippen LogP contribution in [-0.4, -0.2) is 58.8 Å². The van der Waals surface area contributed by atoms with Crippen molar-refractivity contribution >= 4 is 28.6 Å². The first kappa shape index (κ1) is 23.5. The predicted molar refractivity (Wildman–Crippen MR) is 137 cm³/mol. The van der Waals surface area contributed by atoms with Gasteiger partial charge in [-0.05, 0) is 80.2 Å². The van der Waals surface area contributed by atoms with Crippen LogP contribution in [0.25, 0.3) is 10.9 Å². The molecule has 3 amide bonds. The number of benzene rings is 1. The van der Waals surface area contributed by atoms with E-state index >= 15 is 0 Å². The molecule has 8 heteroatoms. The number of fused-ring (bicyclic) bond motifs is 1. The van der Waals surface area contributed by atoms with Crippen LogP contribution < -0.4 is 16.4 Å². The fourth-order valence-electron chi connectivity index (χ4n) is 7.90. The summed E-state index contributed by atoms with van der Waals surface area (Å²) >= 11 is 0. The first-order valence-electron chi connectivity index (χ1n) is 13.7. The van der Waals surface area contributed by atoms with Gasteiger partial charge < -0.3 is 26.3 Å². The molecule has 2 atom stereocenters. The third kappa shape index (κ3) is 4.29. The number of hydrogen-bond donors (Lipinski definition) is 4. The van der Waals surface area contributed by atoms with Crippen LogP contribution in [0.4, 0.5) is 0 Å². The molecule has 2 heterocycles. The number of nitrogens with two attached hydrogens (primary N) is 1. The standard InChI is InChI=1S/C28H37N5O3/c29-14-25(34)31-23(13-20-15-30-22-5-2-1-4-21(20)22)28(36)33-7-3-6-24(33)27(35)32-26-18-9-16-8-17(11-18)12-19(26)10-16/h1-2,4-5,15-19,23-24,26,30H,3,6-14,29H2,(H,31,34)(H,32,35)/t16?,17?,18?,19?,23-,24+,26?/m0/s1. The van der Waals surface area contributed by atoms with Crippen LogP contribution >= 0.6 is 0 Å². The van der Waals surface area contributed by atoms with Gasteiger partial charge in [-0.25, -0.2) is 0 Å². The molecule has 5 aliphatic rings. The summed E-state index contributed by atoms with van der Waals surface area (Å²) < 4.78 is 0. The Morgan fingerprint density at radius 3 is 2.50 bits per heavy atom.